The van der Waals surface area contributed by atoms with E-state index in [9.17, 15) is 0 Å². The van der Waals surface area contributed by atoms with Gasteiger partial charge in [-0.1, -0.05) is 0 Å². The van der Waals surface area contributed by atoms with Gasteiger partial charge in [0, 0.05) is 0 Å². The Kier molecular flexibility index (Phi) is 9.39. The van der Waals surface area contributed by atoms with Crippen LogP contribution in [0.4, 0.5) is 0 Å². The van der Waals surface area contributed by atoms with Gasteiger partial charge in [0.2, 0.25) is 0 Å². The van der Waals surface area contributed by atoms with Crippen molar-refractivity contribution < 1.29 is 20.0 Å². The van der Waals surface area contributed by atoms with Gasteiger partial charge < -0.3 is 0 Å². The predicted molar refractivity (Wildman–Crippen MR) is 210 cm³/mol. The second kappa shape index (κ2) is 13.3. The molecule has 1 saturated heterocycles. The summed E-state index contributed by atoms with van der Waals surface area (Å²) in [5.41, 5.74) is 17.7. The van der Waals surface area contributed by atoms with Crippen LogP contribution in [0.3, 0.4) is 0 Å². The number of allylic oxidation sites excluding steroid dienone is 2. The van der Waals surface area contributed by atoms with Crippen LogP contribution in [0.15, 0.2) is 83.2 Å². The standard InChI is InChI=1S/C44H50Si.2CH3.Hf/c1-7-9-11-19-45(20-12-10-8-2,39-27-35-15-13-17-41(43(35)29-39)37-23-31(3)21-32(4)24-37)40-28-36-16-14-18-42(44(36)30-40)38-25-33(5)22-34(6)26-38;;;/h13-18,21-30H,7-12,19-20H2,1-6H3;2*1H3;. The summed E-state index contributed by atoms with van der Waals surface area (Å²) in [6, 6.07) is 32.0. The predicted octanol–water partition coefficient (Wildman–Crippen LogP) is 14.0. The van der Waals surface area contributed by atoms with E-state index in [0.29, 0.717) is 7.35 Å². The van der Waals surface area contributed by atoms with Crippen LogP contribution in [0, 0.1) is 27.7 Å². The Morgan fingerprint density at radius 2 is 0.938 bits per heavy atom. The second-order valence-electron chi connectivity index (χ2n) is 16.3. The molecule has 48 heavy (non-hydrogen) atoms. The summed E-state index contributed by atoms with van der Waals surface area (Å²) in [6.07, 6.45) is 13.7. The quantitative estimate of drug-likeness (QED) is 0.110. The molecular weight excluding hydrogens is 759 g/mol. The van der Waals surface area contributed by atoms with Gasteiger partial charge in [0.1, 0.15) is 0 Å². The topological polar surface area (TPSA) is 0 Å². The average Bonchev–Trinajstić information content (AvgIpc) is 3.64. The molecule has 0 bridgehead atoms. The summed E-state index contributed by atoms with van der Waals surface area (Å²) in [7, 11) is -2.02. The first-order chi connectivity index (χ1) is 23.1. The number of hydrogen-bond donors (Lipinski definition) is 0. The first-order valence-corrected chi connectivity index (χ1v) is 32.7. The summed E-state index contributed by atoms with van der Waals surface area (Å²) in [4.78, 5) is 0. The molecule has 0 N–H and O–H groups in total. The number of rotatable bonds is 10. The van der Waals surface area contributed by atoms with Crippen LogP contribution in [0.5, 0.6) is 0 Å². The normalized spacial score (nSPS) is 19.7. The molecule has 7 rings (SSSR count). The van der Waals surface area contributed by atoms with Crippen LogP contribution in [0.25, 0.3) is 34.4 Å². The van der Waals surface area contributed by atoms with Crippen LogP contribution in [0.2, 0.25) is 21.4 Å². The fourth-order valence-electron chi connectivity index (χ4n) is 10.4. The molecule has 0 aromatic heterocycles. The van der Waals surface area contributed by atoms with E-state index in [1.54, 1.807) is 22.3 Å². The summed E-state index contributed by atoms with van der Waals surface area (Å²) in [5.74, 6) is 0. The molecule has 4 aromatic rings. The molecule has 0 nitrogen and oxygen atoms in total. The number of hydrogen-bond acceptors (Lipinski definition) is 0. The Bertz CT molecular complexity index is 1760. The van der Waals surface area contributed by atoms with Crippen molar-refractivity contribution in [1.82, 2.24) is 0 Å². The van der Waals surface area contributed by atoms with E-state index in [4.69, 9.17) is 0 Å². The summed E-state index contributed by atoms with van der Waals surface area (Å²) >= 11 is -3.13. The monoisotopic (exact) mass is 816 g/mol. The second-order valence-corrected chi connectivity index (χ2v) is 37.8. The average molecular weight is 816 g/mol. The van der Waals surface area contributed by atoms with Crippen LogP contribution in [-0.4, -0.2) is 8.07 Å². The third kappa shape index (κ3) is 5.68. The Morgan fingerprint density at radius 3 is 1.31 bits per heavy atom. The molecule has 0 radical (unpaired) electrons. The number of aryl methyl sites for hydroxylation is 4. The maximum absolute atomic E-state index is 3.13. The molecule has 0 amide bonds. The molecule has 2 aliphatic carbocycles. The van der Waals surface area contributed by atoms with Crippen molar-refractivity contribution in [2.45, 2.75) is 109 Å². The number of unbranched alkanes of at least 4 members (excludes halogenated alkanes) is 4. The van der Waals surface area contributed by atoms with Gasteiger partial charge in [0.15, 0.2) is 0 Å². The van der Waals surface area contributed by atoms with Crippen molar-refractivity contribution in [3.05, 3.63) is 128 Å². The molecule has 2 heteroatoms. The van der Waals surface area contributed by atoms with Crippen molar-refractivity contribution in [3.8, 4) is 22.3 Å². The fourth-order valence-corrected chi connectivity index (χ4v) is 43.3. The molecule has 2 atom stereocenters. The molecule has 0 spiro atoms. The molecule has 248 valence electrons. The number of fused-ring (bicyclic) bond motifs is 6. The molecule has 4 aromatic carbocycles. The molecule has 1 heterocycles. The van der Waals surface area contributed by atoms with Crippen molar-refractivity contribution >= 4 is 20.2 Å². The molecule has 2 unspecified atom stereocenters. The maximum atomic E-state index is 2.84. The van der Waals surface area contributed by atoms with Crippen LogP contribution < -0.4 is 0 Å². The number of benzene rings is 4. The SMILES string of the molecule is CCCCC[Si]1(CCCCC)C2=Cc3c(-c4cc(C)cc(C)c4)cccc3[CH]2[Hf]([CH3])([CH3])[CH]2C1=Cc1c(-c3cc(C)cc(C)c3)cccc12. The van der Waals surface area contributed by atoms with E-state index in [1.165, 1.54) is 95.1 Å². The fraction of sp³-hybridized carbons (Fsp3) is 0.391. The molecule has 1 fully saturated rings. The molecular formula is C46H56HfSi. The van der Waals surface area contributed by atoms with Gasteiger partial charge in [0.05, 0.1) is 0 Å². The van der Waals surface area contributed by atoms with Crippen LogP contribution >= 0.6 is 0 Å². The minimum atomic E-state index is -3.13. The van der Waals surface area contributed by atoms with E-state index in [-0.39, 0.29) is 0 Å². The molecule has 3 aliphatic rings. The molecule has 1 aliphatic heterocycles. The zero-order valence-corrected chi connectivity index (χ0v) is 35.5. The third-order valence-electron chi connectivity index (χ3n) is 12.2. The summed E-state index contributed by atoms with van der Waals surface area (Å²) in [6.45, 7) is 13.8. The van der Waals surface area contributed by atoms with Crippen molar-refractivity contribution in [1.29, 1.82) is 0 Å². The van der Waals surface area contributed by atoms with Gasteiger partial charge in [-0.3, -0.25) is 0 Å². The van der Waals surface area contributed by atoms with Crippen LogP contribution in [0.1, 0.15) is 104 Å². The third-order valence-corrected chi connectivity index (χ3v) is 34.9. The first kappa shape index (κ1) is 33.9. The summed E-state index contributed by atoms with van der Waals surface area (Å²) < 4.78 is 7.06. The van der Waals surface area contributed by atoms with E-state index in [0.717, 1.165) is 0 Å². The van der Waals surface area contributed by atoms with Gasteiger partial charge in [-0.05, 0) is 0 Å². The van der Waals surface area contributed by atoms with Gasteiger partial charge >= 0.3 is 299 Å². The van der Waals surface area contributed by atoms with E-state index in [2.05, 4.69) is 136 Å². The minimum absolute atomic E-state index is 0.686. The van der Waals surface area contributed by atoms with Crippen molar-refractivity contribution in [3.63, 3.8) is 0 Å². The first-order valence-electron chi connectivity index (χ1n) is 19.0. The Labute approximate surface area is 297 Å². The van der Waals surface area contributed by atoms with Gasteiger partial charge in [-0.2, -0.15) is 0 Å². The van der Waals surface area contributed by atoms with Crippen LogP contribution in [-0.2, 0) is 20.0 Å². The van der Waals surface area contributed by atoms with Gasteiger partial charge in [-0.25, -0.2) is 0 Å². The Balaban J connectivity index is 1.49. The zero-order chi connectivity index (χ0) is 33.8. The van der Waals surface area contributed by atoms with Gasteiger partial charge in [0.25, 0.3) is 0 Å². The Hall–Kier alpha value is -2.55. The molecule has 0 saturated carbocycles. The Morgan fingerprint density at radius 1 is 0.542 bits per heavy atom. The zero-order valence-electron chi connectivity index (χ0n) is 30.9. The van der Waals surface area contributed by atoms with E-state index < -0.39 is 28.0 Å². The van der Waals surface area contributed by atoms with E-state index in [1.807, 2.05) is 10.4 Å². The van der Waals surface area contributed by atoms with E-state index >= 15 is 0 Å². The van der Waals surface area contributed by atoms with Gasteiger partial charge in [-0.15, -0.1) is 0 Å². The summed E-state index contributed by atoms with van der Waals surface area (Å²) in [5, 5.41) is 3.91. The van der Waals surface area contributed by atoms with Crippen molar-refractivity contribution in [2.75, 3.05) is 0 Å². The van der Waals surface area contributed by atoms with Crippen molar-refractivity contribution in [2.24, 2.45) is 0 Å².